The molecule has 0 spiro atoms. The van der Waals surface area contributed by atoms with Crippen LogP contribution in [-0.4, -0.2) is 36.5 Å². The van der Waals surface area contributed by atoms with Crippen LogP contribution in [0.1, 0.15) is 12.8 Å². The molecular formula is C15H19Cl3N2O2. The third kappa shape index (κ3) is 3.62. The Morgan fingerprint density at radius 2 is 2.05 bits per heavy atom. The second kappa shape index (κ2) is 7.26. The molecule has 7 heteroatoms. The number of carbonyl (C=O) groups is 1. The van der Waals surface area contributed by atoms with E-state index in [-0.39, 0.29) is 31.0 Å². The van der Waals surface area contributed by atoms with Crippen LogP contribution >= 0.6 is 35.6 Å². The predicted octanol–water partition coefficient (Wildman–Crippen LogP) is 2.99. The van der Waals surface area contributed by atoms with Gasteiger partial charge in [0.05, 0.1) is 10.0 Å². The molecule has 2 N–H and O–H groups in total. The summed E-state index contributed by atoms with van der Waals surface area (Å²) >= 11 is 11.8. The summed E-state index contributed by atoms with van der Waals surface area (Å²) in [4.78, 5) is 14.1. The van der Waals surface area contributed by atoms with Gasteiger partial charge >= 0.3 is 0 Å². The van der Waals surface area contributed by atoms with Gasteiger partial charge in [-0.1, -0.05) is 23.2 Å². The third-order valence-electron chi connectivity index (χ3n) is 4.52. The van der Waals surface area contributed by atoms with E-state index in [1.807, 2.05) is 4.90 Å². The smallest absolute Gasteiger partial charge is 0.260 e. The highest BCUT2D eigenvalue weighted by atomic mass is 35.5. The molecule has 0 aromatic heterocycles. The topological polar surface area (TPSA) is 55.6 Å². The number of rotatable bonds is 3. The Labute approximate surface area is 146 Å². The van der Waals surface area contributed by atoms with E-state index in [1.165, 1.54) is 0 Å². The van der Waals surface area contributed by atoms with E-state index < -0.39 is 0 Å². The predicted molar refractivity (Wildman–Crippen MR) is 90.0 cm³/mol. The summed E-state index contributed by atoms with van der Waals surface area (Å²) < 4.78 is 5.50. The summed E-state index contributed by atoms with van der Waals surface area (Å²) in [5, 5.41) is 0.889. The van der Waals surface area contributed by atoms with E-state index in [9.17, 15) is 4.79 Å². The lowest BCUT2D eigenvalue weighted by Gasteiger charge is -2.19. The Bertz CT molecular complexity index is 556. The fraction of sp³-hybridized carbons (Fsp3) is 0.533. The summed E-state index contributed by atoms with van der Waals surface area (Å²) in [6, 6.07) is 5.22. The van der Waals surface area contributed by atoms with E-state index >= 15 is 0 Å². The van der Waals surface area contributed by atoms with Gasteiger partial charge in [-0.25, -0.2) is 0 Å². The molecule has 3 unspecified atom stereocenters. The molecule has 3 atom stereocenters. The number of carbonyl (C=O) groups excluding carboxylic acids is 1. The third-order valence-corrected chi connectivity index (χ3v) is 5.26. The van der Waals surface area contributed by atoms with Gasteiger partial charge in [0.2, 0.25) is 0 Å². The van der Waals surface area contributed by atoms with Crippen LogP contribution in [0.5, 0.6) is 5.75 Å². The highest BCUT2D eigenvalue weighted by Gasteiger charge is 2.42. The maximum Gasteiger partial charge on any atom is 0.260 e. The molecule has 22 heavy (non-hydrogen) atoms. The van der Waals surface area contributed by atoms with Crippen LogP contribution in [-0.2, 0) is 4.79 Å². The lowest BCUT2D eigenvalue weighted by atomic mass is 9.98. The van der Waals surface area contributed by atoms with Crippen molar-refractivity contribution >= 4 is 41.5 Å². The summed E-state index contributed by atoms with van der Waals surface area (Å²) in [5.41, 5.74) is 6.08. The highest BCUT2D eigenvalue weighted by molar-refractivity contribution is 6.42. The molecule has 1 aromatic rings. The zero-order valence-electron chi connectivity index (χ0n) is 12.0. The quantitative estimate of drug-likeness (QED) is 0.896. The Kier molecular flexibility index (Phi) is 5.83. The van der Waals surface area contributed by atoms with Gasteiger partial charge in [0, 0.05) is 25.2 Å². The lowest BCUT2D eigenvalue weighted by Crippen LogP contribution is -2.36. The minimum Gasteiger partial charge on any atom is -0.484 e. The average Bonchev–Trinajstić information content (AvgIpc) is 3.02. The first-order valence-corrected chi connectivity index (χ1v) is 7.91. The summed E-state index contributed by atoms with van der Waals surface area (Å²) in [5.74, 6) is 1.57. The number of benzene rings is 1. The van der Waals surface area contributed by atoms with Crippen LogP contribution in [0.3, 0.4) is 0 Å². The van der Waals surface area contributed by atoms with Crippen LogP contribution in [0.2, 0.25) is 10.0 Å². The molecule has 1 aromatic carbocycles. The van der Waals surface area contributed by atoms with Crippen LogP contribution in [0.15, 0.2) is 18.2 Å². The molecule has 1 aliphatic heterocycles. The standard InChI is InChI=1S/C15H18Cl2N2O2.ClH/c16-12-3-2-10(5-13(12)17)21-8-15(20)19-6-9-1-4-14(18)11(9)7-19;/h2-3,5,9,11,14H,1,4,6-8,18H2;1H. The molecule has 1 amide bonds. The number of ether oxygens (including phenoxy) is 1. The van der Waals surface area contributed by atoms with E-state index in [0.29, 0.717) is 27.6 Å². The molecule has 122 valence electrons. The van der Waals surface area contributed by atoms with Crippen molar-refractivity contribution in [3.8, 4) is 5.75 Å². The van der Waals surface area contributed by atoms with Gasteiger partial charge in [-0.05, 0) is 36.8 Å². The Hall–Kier alpha value is -0.680. The maximum absolute atomic E-state index is 12.2. The van der Waals surface area contributed by atoms with E-state index in [2.05, 4.69) is 0 Å². The number of nitrogens with two attached hydrogens (primary N) is 1. The van der Waals surface area contributed by atoms with E-state index in [1.54, 1.807) is 18.2 Å². The average molecular weight is 366 g/mol. The number of halogens is 3. The van der Waals surface area contributed by atoms with Gasteiger partial charge in [-0.2, -0.15) is 0 Å². The van der Waals surface area contributed by atoms with Crippen LogP contribution in [0.4, 0.5) is 0 Å². The molecule has 0 bridgehead atoms. The second-order valence-corrected chi connectivity index (χ2v) is 6.64. The van der Waals surface area contributed by atoms with Gasteiger partial charge in [-0.3, -0.25) is 4.79 Å². The van der Waals surface area contributed by atoms with Crippen molar-refractivity contribution in [2.75, 3.05) is 19.7 Å². The maximum atomic E-state index is 12.2. The monoisotopic (exact) mass is 364 g/mol. The zero-order valence-corrected chi connectivity index (χ0v) is 14.3. The van der Waals surface area contributed by atoms with Crippen molar-refractivity contribution in [3.63, 3.8) is 0 Å². The molecule has 3 rings (SSSR count). The lowest BCUT2D eigenvalue weighted by molar-refractivity contribution is -0.132. The zero-order chi connectivity index (χ0) is 15.0. The Morgan fingerprint density at radius 1 is 1.27 bits per heavy atom. The van der Waals surface area contributed by atoms with Gasteiger partial charge in [0.25, 0.3) is 5.91 Å². The number of likely N-dealkylation sites (tertiary alicyclic amines) is 1. The molecule has 0 radical (unpaired) electrons. The number of fused-ring (bicyclic) bond motifs is 1. The number of nitrogens with zero attached hydrogens (tertiary/aromatic N) is 1. The number of hydrogen-bond acceptors (Lipinski definition) is 3. The summed E-state index contributed by atoms with van der Waals surface area (Å²) in [6.07, 6.45) is 2.21. The molecule has 1 saturated carbocycles. The first kappa shape index (κ1) is 17.7. The number of hydrogen-bond donors (Lipinski definition) is 1. The normalized spacial score (nSPS) is 26.5. The van der Waals surface area contributed by atoms with Gasteiger partial charge < -0.3 is 15.4 Å². The van der Waals surface area contributed by atoms with Gasteiger partial charge in [0.15, 0.2) is 6.61 Å². The van der Waals surface area contributed by atoms with Crippen molar-refractivity contribution in [3.05, 3.63) is 28.2 Å². The molecule has 2 fully saturated rings. The fourth-order valence-corrected chi connectivity index (χ4v) is 3.60. The first-order valence-electron chi connectivity index (χ1n) is 7.16. The minimum atomic E-state index is 0. The SMILES string of the molecule is Cl.NC1CCC2CN(C(=O)COc3ccc(Cl)c(Cl)c3)CC12. The Morgan fingerprint density at radius 3 is 2.73 bits per heavy atom. The largest absolute Gasteiger partial charge is 0.484 e. The molecule has 2 aliphatic rings. The van der Waals surface area contributed by atoms with Crippen LogP contribution < -0.4 is 10.5 Å². The van der Waals surface area contributed by atoms with Gasteiger partial charge in [-0.15, -0.1) is 12.4 Å². The second-order valence-electron chi connectivity index (χ2n) is 5.83. The molecular weight excluding hydrogens is 347 g/mol. The van der Waals surface area contributed by atoms with Crippen LogP contribution in [0, 0.1) is 11.8 Å². The molecule has 4 nitrogen and oxygen atoms in total. The van der Waals surface area contributed by atoms with Crippen molar-refractivity contribution < 1.29 is 9.53 Å². The summed E-state index contributed by atoms with van der Waals surface area (Å²) in [6.45, 7) is 1.59. The van der Waals surface area contributed by atoms with Crippen LogP contribution in [0.25, 0.3) is 0 Å². The van der Waals surface area contributed by atoms with Gasteiger partial charge in [0.1, 0.15) is 5.75 Å². The molecule has 1 saturated heterocycles. The first-order chi connectivity index (χ1) is 10.0. The van der Waals surface area contributed by atoms with E-state index in [4.69, 9.17) is 33.7 Å². The molecule has 1 aliphatic carbocycles. The Balaban J connectivity index is 0.00000176. The van der Waals surface area contributed by atoms with Crippen molar-refractivity contribution in [1.29, 1.82) is 0 Å². The van der Waals surface area contributed by atoms with Crippen molar-refractivity contribution in [2.45, 2.75) is 18.9 Å². The minimum absolute atomic E-state index is 0. The van der Waals surface area contributed by atoms with Crippen molar-refractivity contribution in [2.24, 2.45) is 17.6 Å². The number of amides is 1. The molecule has 1 heterocycles. The van der Waals surface area contributed by atoms with Crippen molar-refractivity contribution in [1.82, 2.24) is 4.90 Å². The summed E-state index contributed by atoms with van der Waals surface area (Å²) in [7, 11) is 0. The fourth-order valence-electron chi connectivity index (χ4n) is 3.31. The highest BCUT2D eigenvalue weighted by Crippen LogP contribution is 2.37. The van der Waals surface area contributed by atoms with E-state index in [0.717, 1.165) is 25.9 Å².